The number of aryl methyl sites for hydroxylation is 2. The van der Waals surface area contributed by atoms with Gasteiger partial charge in [-0.05, 0) is 49.1 Å². The van der Waals surface area contributed by atoms with Crippen molar-refractivity contribution in [1.82, 2.24) is 5.32 Å². The molecule has 19 heavy (non-hydrogen) atoms. The zero-order valence-corrected chi connectivity index (χ0v) is 13.0. The Balaban J connectivity index is 1.95. The van der Waals surface area contributed by atoms with Gasteiger partial charge in [0.25, 0.3) is 0 Å². The van der Waals surface area contributed by atoms with E-state index in [2.05, 4.69) is 36.1 Å². The Bertz CT molecular complexity index is 410. The first-order chi connectivity index (χ1) is 9.11. The van der Waals surface area contributed by atoms with E-state index in [0.29, 0.717) is 11.8 Å². The third-order valence-electron chi connectivity index (χ3n) is 3.95. The van der Waals surface area contributed by atoms with Crippen LogP contribution in [0.5, 0.6) is 5.75 Å². The third kappa shape index (κ3) is 3.67. The van der Waals surface area contributed by atoms with Gasteiger partial charge in [0.1, 0.15) is 5.75 Å². The molecule has 0 aromatic heterocycles. The van der Waals surface area contributed by atoms with Gasteiger partial charge in [-0.3, -0.25) is 0 Å². The molecule has 0 radical (unpaired) electrons. The van der Waals surface area contributed by atoms with Crippen LogP contribution < -0.4 is 5.32 Å². The molecular formula is C16H25NOS. The fourth-order valence-corrected chi connectivity index (χ4v) is 4.20. The standard InChI is InChI=1S/C16H25NOS/c1-4-19-15-7-5-6-14(15)17-10-13-8-11(2)16(18)12(3)9-13/h8-9,14-15,17-18H,4-7,10H2,1-3H3. The predicted molar refractivity (Wildman–Crippen MR) is 84.0 cm³/mol. The van der Waals surface area contributed by atoms with E-state index in [4.69, 9.17) is 0 Å². The van der Waals surface area contributed by atoms with E-state index in [-0.39, 0.29) is 0 Å². The number of hydrogen-bond acceptors (Lipinski definition) is 3. The summed E-state index contributed by atoms with van der Waals surface area (Å²) in [6, 6.07) is 4.83. The average molecular weight is 279 g/mol. The number of rotatable bonds is 5. The van der Waals surface area contributed by atoms with Gasteiger partial charge in [0, 0.05) is 17.8 Å². The van der Waals surface area contributed by atoms with Gasteiger partial charge in [-0.25, -0.2) is 0 Å². The first-order valence-corrected chi connectivity index (χ1v) is 8.30. The molecule has 1 fully saturated rings. The number of hydrogen-bond donors (Lipinski definition) is 2. The highest BCUT2D eigenvalue weighted by molar-refractivity contribution is 7.99. The summed E-state index contributed by atoms with van der Waals surface area (Å²) >= 11 is 2.09. The monoisotopic (exact) mass is 279 g/mol. The van der Waals surface area contributed by atoms with Crippen LogP contribution in [-0.2, 0) is 6.54 Å². The van der Waals surface area contributed by atoms with Gasteiger partial charge in [0.15, 0.2) is 0 Å². The highest BCUT2D eigenvalue weighted by Gasteiger charge is 2.26. The Morgan fingerprint density at radius 3 is 2.58 bits per heavy atom. The average Bonchev–Trinajstić information content (AvgIpc) is 2.81. The second kappa shape index (κ2) is 6.67. The minimum atomic E-state index is 0.434. The lowest BCUT2D eigenvalue weighted by molar-refractivity contribution is 0.466. The van der Waals surface area contributed by atoms with Gasteiger partial charge in [-0.2, -0.15) is 11.8 Å². The summed E-state index contributed by atoms with van der Waals surface area (Å²) in [5.41, 5.74) is 3.23. The molecule has 0 heterocycles. The van der Waals surface area contributed by atoms with Crippen LogP contribution in [0, 0.1) is 13.8 Å². The van der Waals surface area contributed by atoms with Crippen molar-refractivity contribution < 1.29 is 5.11 Å². The van der Waals surface area contributed by atoms with Gasteiger partial charge in [-0.1, -0.05) is 25.5 Å². The summed E-state index contributed by atoms with van der Waals surface area (Å²) < 4.78 is 0. The molecule has 0 amide bonds. The van der Waals surface area contributed by atoms with Crippen LogP contribution in [0.15, 0.2) is 12.1 Å². The van der Waals surface area contributed by atoms with E-state index < -0.39 is 0 Å². The Morgan fingerprint density at radius 1 is 1.26 bits per heavy atom. The maximum Gasteiger partial charge on any atom is 0.121 e. The second-order valence-corrected chi connectivity index (χ2v) is 7.01. The quantitative estimate of drug-likeness (QED) is 0.860. The fourth-order valence-electron chi connectivity index (χ4n) is 2.97. The van der Waals surface area contributed by atoms with Crippen LogP contribution >= 0.6 is 11.8 Å². The van der Waals surface area contributed by atoms with E-state index >= 15 is 0 Å². The molecular weight excluding hydrogens is 254 g/mol. The molecule has 2 unspecified atom stereocenters. The zero-order chi connectivity index (χ0) is 13.8. The highest BCUT2D eigenvalue weighted by atomic mass is 32.2. The summed E-state index contributed by atoms with van der Waals surface area (Å²) in [5.74, 6) is 1.64. The van der Waals surface area contributed by atoms with Crippen LogP contribution in [-0.4, -0.2) is 22.2 Å². The smallest absolute Gasteiger partial charge is 0.121 e. The number of nitrogens with one attached hydrogen (secondary N) is 1. The molecule has 2 atom stereocenters. The number of benzene rings is 1. The summed E-state index contributed by atoms with van der Waals surface area (Å²) in [6.07, 6.45) is 4.00. The van der Waals surface area contributed by atoms with Crippen molar-refractivity contribution in [2.24, 2.45) is 0 Å². The molecule has 2 nitrogen and oxygen atoms in total. The highest BCUT2D eigenvalue weighted by Crippen LogP contribution is 2.30. The van der Waals surface area contributed by atoms with E-state index in [0.717, 1.165) is 22.9 Å². The first-order valence-electron chi connectivity index (χ1n) is 7.26. The van der Waals surface area contributed by atoms with Gasteiger partial charge in [-0.15, -0.1) is 0 Å². The van der Waals surface area contributed by atoms with Crippen molar-refractivity contribution in [3.05, 3.63) is 28.8 Å². The summed E-state index contributed by atoms with van der Waals surface area (Å²) in [5, 5.41) is 14.3. The van der Waals surface area contributed by atoms with E-state index in [1.165, 1.54) is 30.6 Å². The van der Waals surface area contributed by atoms with Crippen LogP contribution in [0.2, 0.25) is 0 Å². The van der Waals surface area contributed by atoms with Crippen molar-refractivity contribution in [3.8, 4) is 5.75 Å². The molecule has 1 aliphatic carbocycles. The molecule has 0 spiro atoms. The zero-order valence-electron chi connectivity index (χ0n) is 12.2. The predicted octanol–water partition coefficient (Wildman–Crippen LogP) is 3.77. The number of thioether (sulfide) groups is 1. The largest absolute Gasteiger partial charge is 0.507 e. The molecule has 2 rings (SSSR count). The van der Waals surface area contributed by atoms with E-state index in [1.54, 1.807) is 0 Å². The maximum absolute atomic E-state index is 9.80. The SMILES string of the molecule is CCSC1CCCC1NCc1cc(C)c(O)c(C)c1. The summed E-state index contributed by atoms with van der Waals surface area (Å²) in [7, 11) is 0. The van der Waals surface area contributed by atoms with E-state index in [9.17, 15) is 5.11 Å². The summed E-state index contributed by atoms with van der Waals surface area (Å²) in [6.45, 7) is 7.09. The minimum Gasteiger partial charge on any atom is -0.507 e. The molecule has 1 aromatic rings. The third-order valence-corrected chi connectivity index (χ3v) is 5.28. The van der Waals surface area contributed by atoms with E-state index in [1.807, 2.05) is 13.8 Å². The molecule has 3 heteroatoms. The molecule has 1 aliphatic rings. The van der Waals surface area contributed by atoms with Crippen molar-refractivity contribution in [2.45, 2.75) is 57.9 Å². The van der Waals surface area contributed by atoms with Gasteiger partial charge >= 0.3 is 0 Å². The second-order valence-electron chi connectivity index (χ2n) is 5.49. The summed E-state index contributed by atoms with van der Waals surface area (Å²) in [4.78, 5) is 0. The molecule has 1 aromatic carbocycles. The van der Waals surface area contributed by atoms with Crippen molar-refractivity contribution >= 4 is 11.8 Å². The van der Waals surface area contributed by atoms with Gasteiger partial charge < -0.3 is 10.4 Å². The van der Waals surface area contributed by atoms with Crippen LogP contribution in [0.3, 0.4) is 0 Å². The number of phenolic OH excluding ortho intramolecular Hbond substituents is 1. The lowest BCUT2D eigenvalue weighted by atomic mass is 10.1. The van der Waals surface area contributed by atoms with Crippen molar-refractivity contribution in [2.75, 3.05) is 5.75 Å². The first kappa shape index (κ1) is 14.7. The van der Waals surface area contributed by atoms with Crippen molar-refractivity contribution in [1.29, 1.82) is 0 Å². The Kier molecular flexibility index (Phi) is 5.17. The lowest BCUT2D eigenvalue weighted by Crippen LogP contribution is -2.33. The molecule has 2 N–H and O–H groups in total. The van der Waals surface area contributed by atoms with Crippen LogP contribution in [0.4, 0.5) is 0 Å². The molecule has 0 saturated heterocycles. The van der Waals surface area contributed by atoms with Crippen LogP contribution in [0.1, 0.15) is 42.9 Å². The minimum absolute atomic E-state index is 0.434. The molecule has 106 valence electrons. The molecule has 1 saturated carbocycles. The Morgan fingerprint density at radius 2 is 1.95 bits per heavy atom. The number of phenols is 1. The fraction of sp³-hybridized carbons (Fsp3) is 0.625. The van der Waals surface area contributed by atoms with Crippen molar-refractivity contribution in [3.63, 3.8) is 0 Å². The molecule has 0 aliphatic heterocycles. The van der Waals surface area contributed by atoms with Gasteiger partial charge in [0.05, 0.1) is 0 Å². The lowest BCUT2D eigenvalue weighted by Gasteiger charge is -2.20. The topological polar surface area (TPSA) is 32.3 Å². The van der Waals surface area contributed by atoms with Crippen LogP contribution in [0.25, 0.3) is 0 Å². The normalized spacial score (nSPS) is 22.9. The maximum atomic E-state index is 9.80. The molecule has 0 bridgehead atoms. The Hall–Kier alpha value is -0.670. The number of aromatic hydroxyl groups is 1. The Labute approximate surface area is 121 Å². The van der Waals surface area contributed by atoms with Gasteiger partial charge in [0.2, 0.25) is 0 Å².